The van der Waals surface area contributed by atoms with Gasteiger partial charge in [0.2, 0.25) is 5.88 Å². The van der Waals surface area contributed by atoms with Gasteiger partial charge in [0.15, 0.2) is 17.4 Å². The average Bonchev–Trinajstić information content (AvgIpc) is 3.31. The summed E-state index contributed by atoms with van der Waals surface area (Å²) in [6.45, 7) is 0.753. The molecule has 2 aliphatic rings. The number of nitrogens with two attached hydrogens (primary N) is 1. The predicted octanol–water partition coefficient (Wildman–Crippen LogP) is 3.23. The van der Waals surface area contributed by atoms with Crippen molar-refractivity contribution in [2.75, 3.05) is 11.4 Å². The number of fused-ring (bicyclic) bond motifs is 3. The van der Waals surface area contributed by atoms with E-state index in [0.717, 1.165) is 30.8 Å². The molecule has 8 nitrogen and oxygen atoms in total. The Morgan fingerprint density at radius 1 is 1.11 bits per heavy atom. The summed E-state index contributed by atoms with van der Waals surface area (Å²) in [5.74, 6) is -3.00. The Hall–Kier alpha value is -3.74. The molecule has 5 rings (SSSR count). The van der Waals surface area contributed by atoms with Gasteiger partial charge in [-0.15, -0.1) is 0 Å². The number of benzene rings is 1. The van der Waals surface area contributed by atoms with E-state index in [2.05, 4.69) is 9.97 Å². The molecule has 1 aromatic carbocycles. The molecule has 13 heteroatoms. The largest absolute Gasteiger partial charge is 0.473 e. The maximum atomic E-state index is 14.5. The van der Waals surface area contributed by atoms with Crippen LogP contribution in [0.3, 0.4) is 0 Å². The second-order valence-electron chi connectivity index (χ2n) is 8.30. The van der Waals surface area contributed by atoms with E-state index in [1.54, 1.807) is 6.07 Å². The van der Waals surface area contributed by atoms with Crippen molar-refractivity contribution in [3.05, 3.63) is 69.9 Å². The number of rotatable bonds is 5. The first-order valence-corrected chi connectivity index (χ1v) is 10.5. The van der Waals surface area contributed by atoms with Crippen LogP contribution in [0, 0.1) is 11.6 Å². The standard InChI is InChI=1S/C22H18F5N5O3/c23-15-3-11(4-16(24)20(15)35-14-1-2-29-17(6-14)22(25,26)27)10-34-18-7-19-31-8-12(28)5-13(31)9-32(19)21(33)30-18/h1-4,6-7,12-13H,5,8-10,28H2/t12?,13-/m1/s1. The Morgan fingerprint density at radius 3 is 2.57 bits per heavy atom. The molecule has 0 bridgehead atoms. The molecule has 0 radical (unpaired) electrons. The number of ether oxygens (including phenoxy) is 2. The van der Waals surface area contributed by atoms with E-state index >= 15 is 0 Å². The van der Waals surface area contributed by atoms with Crippen LogP contribution in [-0.2, 0) is 19.3 Å². The van der Waals surface area contributed by atoms with Gasteiger partial charge < -0.3 is 20.1 Å². The molecule has 0 amide bonds. The minimum atomic E-state index is -4.74. The molecule has 1 saturated heterocycles. The van der Waals surface area contributed by atoms with Crippen molar-refractivity contribution in [1.82, 2.24) is 14.5 Å². The fraction of sp³-hybridized carbons (Fsp3) is 0.318. The normalized spacial score (nSPS) is 19.0. The van der Waals surface area contributed by atoms with Crippen LogP contribution in [0.4, 0.5) is 27.8 Å². The lowest BCUT2D eigenvalue weighted by Crippen LogP contribution is -2.28. The Morgan fingerprint density at radius 2 is 1.86 bits per heavy atom. The van der Waals surface area contributed by atoms with Crippen LogP contribution in [0.15, 0.2) is 41.3 Å². The molecule has 35 heavy (non-hydrogen) atoms. The highest BCUT2D eigenvalue weighted by atomic mass is 19.4. The minimum absolute atomic E-state index is 0.000250. The molecule has 0 saturated carbocycles. The zero-order valence-corrected chi connectivity index (χ0v) is 17.9. The summed E-state index contributed by atoms with van der Waals surface area (Å²) in [7, 11) is 0. The number of hydrogen-bond acceptors (Lipinski definition) is 7. The fourth-order valence-electron chi connectivity index (χ4n) is 4.27. The maximum absolute atomic E-state index is 14.5. The van der Waals surface area contributed by atoms with Gasteiger partial charge in [-0.2, -0.15) is 18.2 Å². The van der Waals surface area contributed by atoms with Crippen LogP contribution >= 0.6 is 0 Å². The highest BCUT2D eigenvalue weighted by Gasteiger charge is 2.38. The summed E-state index contributed by atoms with van der Waals surface area (Å²) < 4.78 is 79.5. The Kier molecular flexibility index (Phi) is 5.58. The van der Waals surface area contributed by atoms with Crippen LogP contribution in [0.1, 0.15) is 17.7 Å². The highest BCUT2D eigenvalue weighted by Crippen LogP contribution is 2.34. The van der Waals surface area contributed by atoms with Crippen LogP contribution < -0.4 is 25.8 Å². The zero-order valence-electron chi connectivity index (χ0n) is 17.9. The van der Waals surface area contributed by atoms with Crippen molar-refractivity contribution in [2.24, 2.45) is 5.73 Å². The lowest BCUT2D eigenvalue weighted by Gasteiger charge is -2.17. The molecular formula is C22H18F5N5O3. The lowest BCUT2D eigenvalue weighted by atomic mass is 10.2. The molecule has 1 unspecified atom stereocenters. The van der Waals surface area contributed by atoms with Gasteiger partial charge in [-0.25, -0.2) is 13.6 Å². The second kappa shape index (κ2) is 8.48. The quantitative estimate of drug-likeness (QED) is 0.543. The van der Waals surface area contributed by atoms with E-state index < -0.39 is 40.7 Å². The summed E-state index contributed by atoms with van der Waals surface area (Å²) in [5.41, 5.74) is 4.29. The van der Waals surface area contributed by atoms with Gasteiger partial charge in [0.1, 0.15) is 23.9 Å². The van der Waals surface area contributed by atoms with Gasteiger partial charge in [-0.1, -0.05) is 0 Å². The molecule has 4 heterocycles. The van der Waals surface area contributed by atoms with Crippen molar-refractivity contribution >= 4 is 5.82 Å². The molecule has 184 valence electrons. The van der Waals surface area contributed by atoms with Crippen LogP contribution in [0.2, 0.25) is 0 Å². The van der Waals surface area contributed by atoms with Crippen molar-refractivity contribution in [3.8, 4) is 17.4 Å². The Balaban J connectivity index is 1.32. The smallest absolute Gasteiger partial charge is 0.433 e. The van der Waals surface area contributed by atoms with Crippen molar-refractivity contribution in [3.63, 3.8) is 0 Å². The average molecular weight is 495 g/mol. The molecule has 3 aromatic rings. The number of halogens is 5. The summed E-state index contributed by atoms with van der Waals surface area (Å²) in [5, 5.41) is 0. The van der Waals surface area contributed by atoms with E-state index in [1.165, 1.54) is 4.57 Å². The zero-order chi connectivity index (χ0) is 24.9. The van der Waals surface area contributed by atoms with Gasteiger partial charge in [0.25, 0.3) is 0 Å². The second-order valence-corrected chi connectivity index (χ2v) is 8.30. The maximum Gasteiger partial charge on any atom is 0.433 e. The number of anilines is 1. The predicted molar refractivity (Wildman–Crippen MR) is 112 cm³/mol. The number of hydrogen-bond donors (Lipinski definition) is 1. The van der Waals surface area contributed by atoms with Gasteiger partial charge in [0, 0.05) is 37.5 Å². The lowest BCUT2D eigenvalue weighted by molar-refractivity contribution is -0.141. The molecular weight excluding hydrogens is 477 g/mol. The first-order valence-electron chi connectivity index (χ1n) is 10.5. The van der Waals surface area contributed by atoms with Gasteiger partial charge in [0.05, 0.1) is 6.04 Å². The molecule has 2 aliphatic heterocycles. The van der Waals surface area contributed by atoms with Crippen LogP contribution in [-0.4, -0.2) is 33.2 Å². The highest BCUT2D eigenvalue weighted by molar-refractivity contribution is 5.49. The minimum Gasteiger partial charge on any atom is -0.473 e. The fourth-order valence-corrected chi connectivity index (χ4v) is 4.27. The van der Waals surface area contributed by atoms with Gasteiger partial charge >= 0.3 is 11.9 Å². The van der Waals surface area contributed by atoms with E-state index in [9.17, 15) is 26.7 Å². The molecule has 2 atom stereocenters. The van der Waals surface area contributed by atoms with E-state index in [4.69, 9.17) is 15.2 Å². The van der Waals surface area contributed by atoms with Gasteiger partial charge in [-0.05, 0) is 30.2 Å². The SMILES string of the molecule is NC1C[C@@H]2Cn3c(cc(OCc4cc(F)c(Oc5ccnc(C(F)(F)F)c5)c(F)c4)nc3=O)N2C1. The summed E-state index contributed by atoms with van der Waals surface area (Å²) >= 11 is 0. The van der Waals surface area contributed by atoms with Crippen molar-refractivity contribution in [1.29, 1.82) is 0 Å². The Bertz CT molecular complexity index is 1320. The third-order valence-corrected chi connectivity index (χ3v) is 5.79. The molecule has 1 fully saturated rings. The van der Waals surface area contributed by atoms with E-state index in [1.807, 2.05) is 4.90 Å². The molecule has 0 aliphatic carbocycles. The summed E-state index contributed by atoms with van der Waals surface area (Å²) in [4.78, 5) is 21.4. The van der Waals surface area contributed by atoms with Crippen LogP contribution in [0.25, 0.3) is 0 Å². The third-order valence-electron chi connectivity index (χ3n) is 5.79. The summed E-state index contributed by atoms with van der Waals surface area (Å²) in [6, 6.07) is 5.09. The third kappa shape index (κ3) is 4.50. The number of nitrogens with zero attached hydrogens (tertiary/aromatic N) is 4. The number of alkyl halides is 3. The molecule has 0 spiro atoms. The number of aromatic nitrogens is 3. The molecule has 2 aromatic heterocycles. The topological polar surface area (TPSA) is 95.5 Å². The summed E-state index contributed by atoms with van der Waals surface area (Å²) in [6.07, 6.45) is -3.17. The first kappa shape index (κ1) is 23.0. The first-order chi connectivity index (χ1) is 16.6. The van der Waals surface area contributed by atoms with E-state index in [-0.39, 0.29) is 30.1 Å². The van der Waals surface area contributed by atoms with Crippen molar-refractivity contribution in [2.45, 2.75) is 37.8 Å². The molecule has 2 N–H and O–H groups in total. The number of pyridine rings is 1. The van der Waals surface area contributed by atoms with Crippen molar-refractivity contribution < 1.29 is 31.4 Å². The van der Waals surface area contributed by atoms with E-state index in [0.29, 0.717) is 25.0 Å². The van der Waals surface area contributed by atoms with Gasteiger partial charge in [-0.3, -0.25) is 9.55 Å². The Labute approximate surface area is 194 Å². The monoisotopic (exact) mass is 495 g/mol. The van der Waals surface area contributed by atoms with Crippen LogP contribution in [0.5, 0.6) is 17.4 Å².